The van der Waals surface area contributed by atoms with E-state index in [1.807, 2.05) is 0 Å². The number of carboxylic acid groups (broad SMARTS) is 1. The van der Waals surface area contributed by atoms with Crippen LogP contribution in [-0.2, 0) is 4.79 Å². The van der Waals surface area contributed by atoms with Crippen molar-refractivity contribution in [2.75, 3.05) is 6.54 Å². The lowest BCUT2D eigenvalue weighted by molar-refractivity contribution is -0.144. The molecular formula is C12H20N2O3. The maximum atomic E-state index is 11.3. The molecule has 17 heavy (non-hydrogen) atoms. The third kappa shape index (κ3) is 3.15. The largest absolute Gasteiger partial charge is 0.480 e. The number of aliphatic hydroxyl groups is 1. The topological polar surface area (TPSA) is 81.6 Å². The average molecular weight is 240 g/mol. The summed E-state index contributed by atoms with van der Waals surface area (Å²) in [6.45, 7) is 7.91. The fourth-order valence-corrected chi connectivity index (χ4v) is 2.01. The SMILES string of the molecule is C=CC[C@@](C=C)(NC(O)[C@@H]1CCCN1)C(=O)O. The quantitative estimate of drug-likeness (QED) is 0.378. The summed E-state index contributed by atoms with van der Waals surface area (Å²) in [5.41, 5.74) is -1.36. The molecule has 0 aromatic carbocycles. The first kappa shape index (κ1) is 13.9. The lowest BCUT2D eigenvalue weighted by Crippen LogP contribution is -2.59. The van der Waals surface area contributed by atoms with E-state index in [1.165, 1.54) is 12.2 Å². The van der Waals surface area contributed by atoms with Crippen LogP contribution in [0.15, 0.2) is 25.3 Å². The summed E-state index contributed by atoms with van der Waals surface area (Å²) in [7, 11) is 0. The zero-order valence-corrected chi connectivity index (χ0v) is 9.85. The second-order valence-corrected chi connectivity index (χ2v) is 4.27. The molecule has 1 fully saturated rings. The van der Waals surface area contributed by atoms with E-state index in [1.54, 1.807) is 0 Å². The van der Waals surface area contributed by atoms with Crippen molar-refractivity contribution >= 4 is 5.97 Å². The highest BCUT2D eigenvalue weighted by atomic mass is 16.4. The van der Waals surface area contributed by atoms with Crippen LogP contribution in [0, 0.1) is 0 Å². The second kappa shape index (κ2) is 5.95. The van der Waals surface area contributed by atoms with Gasteiger partial charge in [0.1, 0.15) is 11.8 Å². The zero-order valence-electron chi connectivity index (χ0n) is 9.85. The molecule has 1 rings (SSSR count). The van der Waals surface area contributed by atoms with Crippen LogP contribution in [0.2, 0.25) is 0 Å². The Kier molecular flexibility index (Phi) is 4.86. The molecule has 0 aromatic heterocycles. The van der Waals surface area contributed by atoms with Crippen molar-refractivity contribution in [3.05, 3.63) is 25.3 Å². The smallest absolute Gasteiger partial charge is 0.328 e. The summed E-state index contributed by atoms with van der Waals surface area (Å²) < 4.78 is 0. The highest BCUT2D eigenvalue weighted by Crippen LogP contribution is 2.17. The first-order chi connectivity index (χ1) is 8.05. The van der Waals surface area contributed by atoms with Gasteiger partial charge in [0.15, 0.2) is 0 Å². The van der Waals surface area contributed by atoms with E-state index in [0.717, 1.165) is 19.4 Å². The van der Waals surface area contributed by atoms with Crippen LogP contribution in [0.3, 0.4) is 0 Å². The van der Waals surface area contributed by atoms with Gasteiger partial charge in [0.2, 0.25) is 0 Å². The van der Waals surface area contributed by atoms with Gasteiger partial charge in [-0.3, -0.25) is 5.32 Å². The van der Waals surface area contributed by atoms with Gasteiger partial charge in [0, 0.05) is 6.04 Å². The van der Waals surface area contributed by atoms with Crippen LogP contribution < -0.4 is 10.6 Å². The van der Waals surface area contributed by atoms with E-state index in [0.29, 0.717) is 0 Å². The molecule has 96 valence electrons. The zero-order chi connectivity index (χ0) is 12.9. The Bertz CT molecular complexity index is 300. The Morgan fingerprint density at radius 2 is 2.35 bits per heavy atom. The summed E-state index contributed by atoms with van der Waals surface area (Å²) in [5.74, 6) is -1.07. The van der Waals surface area contributed by atoms with Gasteiger partial charge >= 0.3 is 5.97 Å². The van der Waals surface area contributed by atoms with Gasteiger partial charge in [0.05, 0.1) is 0 Å². The minimum atomic E-state index is -1.36. The Morgan fingerprint density at radius 1 is 1.65 bits per heavy atom. The molecule has 1 saturated heterocycles. The van der Waals surface area contributed by atoms with Crippen molar-refractivity contribution in [3.63, 3.8) is 0 Å². The number of rotatable bonds is 7. The van der Waals surface area contributed by atoms with Crippen LogP contribution in [-0.4, -0.2) is 40.5 Å². The third-order valence-electron chi connectivity index (χ3n) is 3.08. The number of hydrogen-bond acceptors (Lipinski definition) is 4. The highest BCUT2D eigenvalue weighted by Gasteiger charge is 2.38. The fourth-order valence-electron chi connectivity index (χ4n) is 2.01. The molecule has 4 N–H and O–H groups in total. The van der Waals surface area contributed by atoms with E-state index in [2.05, 4.69) is 23.8 Å². The van der Waals surface area contributed by atoms with Crippen LogP contribution in [0.5, 0.6) is 0 Å². The summed E-state index contributed by atoms with van der Waals surface area (Å²) in [6, 6.07) is -0.113. The predicted molar refractivity (Wildman–Crippen MR) is 65.5 cm³/mol. The molecule has 0 saturated carbocycles. The summed E-state index contributed by atoms with van der Waals surface area (Å²) >= 11 is 0. The molecule has 0 aromatic rings. The van der Waals surface area contributed by atoms with Gasteiger partial charge in [0.25, 0.3) is 0 Å². The van der Waals surface area contributed by atoms with Crippen LogP contribution in [0.25, 0.3) is 0 Å². The normalized spacial score (nSPS) is 24.9. The molecule has 1 aliphatic heterocycles. The van der Waals surface area contributed by atoms with Crippen molar-refractivity contribution in [2.45, 2.75) is 37.1 Å². The predicted octanol–water partition coefficient (Wildman–Crippen LogP) is 0.232. The number of hydrogen-bond donors (Lipinski definition) is 4. The van der Waals surface area contributed by atoms with Crippen molar-refractivity contribution in [3.8, 4) is 0 Å². The third-order valence-corrected chi connectivity index (χ3v) is 3.08. The van der Waals surface area contributed by atoms with Gasteiger partial charge in [-0.05, 0) is 25.8 Å². The Labute approximate surface area is 101 Å². The Balaban J connectivity index is 2.73. The lowest BCUT2D eigenvalue weighted by Gasteiger charge is -2.31. The molecule has 5 nitrogen and oxygen atoms in total. The molecule has 1 unspecified atom stereocenters. The number of aliphatic hydroxyl groups excluding tert-OH is 1. The fraction of sp³-hybridized carbons (Fsp3) is 0.583. The Hall–Kier alpha value is -1.17. The van der Waals surface area contributed by atoms with E-state index in [-0.39, 0.29) is 12.5 Å². The molecule has 0 amide bonds. The van der Waals surface area contributed by atoms with E-state index in [4.69, 9.17) is 0 Å². The second-order valence-electron chi connectivity index (χ2n) is 4.27. The van der Waals surface area contributed by atoms with E-state index < -0.39 is 17.7 Å². The van der Waals surface area contributed by atoms with Crippen molar-refractivity contribution in [1.29, 1.82) is 0 Å². The van der Waals surface area contributed by atoms with Gasteiger partial charge < -0.3 is 15.5 Å². The van der Waals surface area contributed by atoms with Crippen molar-refractivity contribution in [2.24, 2.45) is 0 Å². The average Bonchev–Trinajstić information content (AvgIpc) is 2.81. The molecule has 0 bridgehead atoms. The summed E-state index contributed by atoms with van der Waals surface area (Å²) in [6.07, 6.45) is 3.88. The molecule has 3 atom stereocenters. The maximum Gasteiger partial charge on any atom is 0.328 e. The van der Waals surface area contributed by atoms with Gasteiger partial charge in [-0.1, -0.05) is 12.2 Å². The maximum absolute atomic E-state index is 11.3. The molecule has 1 heterocycles. The molecule has 0 radical (unpaired) electrons. The molecule has 5 heteroatoms. The monoisotopic (exact) mass is 240 g/mol. The van der Waals surface area contributed by atoms with Crippen LogP contribution in [0.1, 0.15) is 19.3 Å². The first-order valence-corrected chi connectivity index (χ1v) is 5.73. The number of aliphatic carboxylic acids is 1. The van der Waals surface area contributed by atoms with Crippen LogP contribution in [0.4, 0.5) is 0 Å². The van der Waals surface area contributed by atoms with E-state index in [9.17, 15) is 15.0 Å². The standard InChI is InChI=1S/C12H20N2O3/c1-3-7-12(4-2,11(16)17)14-10(15)9-6-5-8-13-9/h3-4,9-10,13-15H,1-2,5-8H2,(H,16,17)/t9-,10?,12+/m0/s1. The minimum Gasteiger partial charge on any atom is -0.480 e. The van der Waals surface area contributed by atoms with Gasteiger partial charge in [-0.25, -0.2) is 4.79 Å². The van der Waals surface area contributed by atoms with Gasteiger partial charge in [-0.15, -0.1) is 13.2 Å². The summed E-state index contributed by atoms with van der Waals surface area (Å²) in [5, 5.41) is 25.1. The molecule has 1 aliphatic rings. The number of carboxylic acids is 1. The van der Waals surface area contributed by atoms with Crippen molar-refractivity contribution < 1.29 is 15.0 Å². The van der Waals surface area contributed by atoms with Gasteiger partial charge in [-0.2, -0.15) is 0 Å². The Morgan fingerprint density at radius 3 is 2.76 bits per heavy atom. The highest BCUT2D eigenvalue weighted by molar-refractivity contribution is 5.81. The van der Waals surface area contributed by atoms with Crippen LogP contribution >= 0.6 is 0 Å². The lowest BCUT2D eigenvalue weighted by atomic mass is 9.94. The number of carbonyl (C=O) groups is 1. The molecular weight excluding hydrogens is 220 g/mol. The molecule has 0 spiro atoms. The molecule has 0 aliphatic carbocycles. The first-order valence-electron chi connectivity index (χ1n) is 5.73. The van der Waals surface area contributed by atoms with E-state index >= 15 is 0 Å². The summed E-state index contributed by atoms with van der Waals surface area (Å²) in [4.78, 5) is 11.3. The minimum absolute atomic E-state index is 0.113. The van der Waals surface area contributed by atoms with Crippen molar-refractivity contribution in [1.82, 2.24) is 10.6 Å². The number of nitrogens with one attached hydrogen (secondary N) is 2.